The molecule has 0 radical (unpaired) electrons. The zero-order chi connectivity index (χ0) is 14.0. The Morgan fingerprint density at radius 3 is 2.32 bits per heavy atom. The molecule has 0 amide bonds. The summed E-state index contributed by atoms with van der Waals surface area (Å²) in [6.07, 6.45) is 0. The Morgan fingerprint density at radius 2 is 1.74 bits per heavy atom. The van der Waals surface area contributed by atoms with E-state index in [1.54, 1.807) is 11.8 Å². The van der Waals surface area contributed by atoms with Crippen molar-refractivity contribution < 1.29 is 0 Å². The minimum Gasteiger partial charge on any atom is -0.384 e. The Labute approximate surface area is 118 Å². The third-order valence-corrected chi connectivity index (χ3v) is 4.21. The van der Waals surface area contributed by atoms with Gasteiger partial charge in [0.25, 0.3) is 0 Å². The van der Waals surface area contributed by atoms with Crippen LogP contribution in [0.15, 0.2) is 46.2 Å². The van der Waals surface area contributed by atoms with Crippen molar-refractivity contribution in [1.29, 1.82) is 5.41 Å². The van der Waals surface area contributed by atoms with Gasteiger partial charge >= 0.3 is 0 Å². The Morgan fingerprint density at radius 1 is 1.00 bits per heavy atom. The van der Waals surface area contributed by atoms with Crippen molar-refractivity contribution in [2.45, 2.75) is 30.6 Å². The van der Waals surface area contributed by atoms with Crippen LogP contribution >= 0.6 is 11.8 Å². The minimum absolute atomic E-state index is 0.126. The first-order valence-corrected chi connectivity index (χ1v) is 6.99. The summed E-state index contributed by atoms with van der Waals surface area (Å²) < 4.78 is 0. The molecule has 0 aliphatic heterocycles. The molecule has 0 fully saturated rings. The van der Waals surface area contributed by atoms with Crippen molar-refractivity contribution in [3.63, 3.8) is 0 Å². The number of amidine groups is 1. The number of nitrogens with two attached hydrogens (primary N) is 1. The fourth-order valence-corrected chi connectivity index (χ4v) is 3.02. The highest BCUT2D eigenvalue weighted by atomic mass is 32.2. The lowest BCUT2D eigenvalue weighted by atomic mass is 10.1. The quantitative estimate of drug-likeness (QED) is 0.653. The van der Waals surface area contributed by atoms with Gasteiger partial charge in [-0.05, 0) is 56.2 Å². The molecule has 0 unspecified atom stereocenters. The molecule has 0 saturated carbocycles. The molecule has 0 bridgehead atoms. The number of nitrogens with one attached hydrogen (secondary N) is 1. The molecule has 2 nitrogen and oxygen atoms in total. The maximum Gasteiger partial charge on any atom is 0.123 e. The normalized spacial score (nSPS) is 10.5. The summed E-state index contributed by atoms with van der Waals surface area (Å²) in [6, 6.07) is 12.5. The van der Waals surface area contributed by atoms with Gasteiger partial charge in [-0.2, -0.15) is 0 Å². The Balaban J connectivity index is 2.29. The molecule has 0 spiro atoms. The number of rotatable bonds is 3. The van der Waals surface area contributed by atoms with Crippen LogP contribution in [-0.4, -0.2) is 5.84 Å². The van der Waals surface area contributed by atoms with E-state index < -0.39 is 0 Å². The molecule has 0 aromatic heterocycles. The van der Waals surface area contributed by atoms with Gasteiger partial charge in [0.1, 0.15) is 5.84 Å². The van der Waals surface area contributed by atoms with Crippen LogP contribution in [0.5, 0.6) is 0 Å². The van der Waals surface area contributed by atoms with E-state index >= 15 is 0 Å². The van der Waals surface area contributed by atoms with Gasteiger partial charge in [0.2, 0.25) is 0 Å². The molecule has 3 N–H and O–H groups in total. The summed E-state index contributed by atoms with van der Waals surface area (Å²) in [4.78, 5) is 2.44. The third-order valence-electron chi connectivity index (χ3n) is 3.05. The van der Waals surface area contributed by atoms with Crippen LogP contribution in [0.4, 0.5) is 0 Å². The molecule has 2 rings (SSSR count). The van der Waals surface area contributed by atoms with E-state index in [0.717, 1.165) is 11.1 Å². The maximum atomic E-state index is 7.50. The highest BCUT2D eigenvalue weighted by Gasteiger charge is 2.05. The van der Waals surface area contributed by atoms with Crippen LogP contribution in [0, 0.1) is 26.2 Å². The van der Waals surface area contributed by atoms with E-state index in [-0.39, 0.29) is 5.84 Å². The van der Waals surface area contributed by atoms with Gasteiger partial charge in [0, 0.05) is 15.4 Å². The van der Waals surface area contributed by atoms with Gasteiger partial charge < -0.3 is 5.73 Å². The second-order valence-electron chi connectivity index (χ2n) is 4.76. The number of nitrogen functional groups attached to an aromatic ring is 1. The zero-order valence-electron chi connectivity index (χ0n) is 11.4. The highest BCUT2D eigenvalue weighted by Crippen LogP contribution is 2.31. The van der Waals surface area contributed by atoms with Crippen LogP contribution in [0.25, 0.3) is 0 Å². The van der Waals surface area contributed by atoms with Crippen molar-refractivity contribution in [2.75, 3.05) is 0 Å². The van der Waals surface area contributed by atoms with Crippen molar-refractivity contribution in [2.24, 2.45) is 5.73 Å². The van der Waals surface area contributed by atoms with E-state index in [0.29, 0.717) is 0 Å². The van der Waals surface area contributed by atoms with Gasteiger partial charge in [-0.15, -0.1) is 0 Å². The SMILES string of the molecule is Cc1ccc(Sc2ccc(C(=N)N)c(C)c2)c(C)c1. The van der Waals surface area contributed by atoms with Crippen LogP contribution in [0.3, 0.4) is 0 Å². The standard InChI is InChI=1S/C16H18N2S/c1-10-4-7-15(12(3)8-10)19-13-5-6-14(16(17)18)11(2)9-13/h4-9H,1-3H3,(H3,17,18). The molecule has 98 valence electrons. The van der Waals surface area contributed by atoms with E-state index in [1.807, 2.05) is 19.1 Å². The lowest BCUT2D eigenvalue weighted by Crippen LogP contribution is -2.12. The Hall–Kier alpha value is -1.74. The second kappa shape index (κ2) is 5.49. The van der Waals surface area contributed by atoms with Gasteiger partial charge in [0.15, 0.2) is 0 Å². The number of hydrogen-bond donors (Lipinski definition) is 2. The molecule has 0 aliphatic carbocycles. The molecule has 0 saturated heterocycles. The second-order valence-corrected chi connectivity index (χ2v) is 5.88. The highest BCUT2D eigenvalue weighted by molar-refractivity contribution is 7.99. The fourth-order valence-electron chi connectivity index (χ4n) is 2.04. The van der Waals surface area contributed by atoms with Crippen molar-refractivity contribution in [3.8, 4) is 0 Å². The Bertz CT molecular complexity index is 633. The first kappa shape index (κ1) is 13.7. The van der Waals surface area contributed by atoms with E-state index in [4.69, 9.17) is 11.1 Å². The molecule has 2 aromatic carbocycles. The van der Waals surface area contributed by atoms with Crippen molar-refractivity contribution in [3.05, 3.63) is 58.7 Å². The Kier molecular flexibility index (Phi) is 3.96. The molecular weight excluding hydrogens is 252 g/mol. The molecule has 0 heterocycles. The summed E-state index contributed by atoms with van der Waals surface area (Å²) in [5.74, 6) is 0.126. The van der Waals surface area contributed by atoms with Gasteiger partial charge in [-0.1, -0.05) is 29.5 Å². The summed E-state index contributed by atoms with van der Waals surface area (Å²) in [7, 11) is 0. The van der Waals surface area contributed by atoms with Crippen molar-refractivity contribution >= 4 is 17.6 Å². The van der Waals surface area contributed by atoms with Crippen LogP contribution in [0.1, 0.15) is 22.3 Å². The number of hydrogen-bond acceptors (Lipinski definition) is 2. The minimum atomic E-state index is 0.126. The largest absolute Gasteiger partial charge is 0.384 e. The fraction of sp³-hybridized carbons (Fsp3) is 0.188. The predicted octanol–water partition coefficient (Wildman–Crippen LogP) is 4.05. The van der Waals surface area contributed by atoms with Crippen LogP contribution in [-0.2, 0) is 0 Å². The van der Waals surface area contributed by atoms with Gasteiger partial charge in [-0.25, -0.2) is 0 Å². The van der Waals surface area contributed by atoms with Crippen molar-refractivity contribution in [1.82, 2.24) is 0 Å². The summed E-state index contributed by atoms with van der Waals surface area (Å²) in [5, 5.41) is 7.50. The summed E-state index contributed by atoms with van der Waals surface area (Å²) in [5.41, 5.74) is 9.96. The smallest absolute Gasteiger partial charge is 0.123 e. The lowest BCUT2D eigenvalue weighted by molar-refractivity contribution is 1.25. The topological polar surface area (TPSA) is 49.9 Å². The zero-order valence-corrected chi connectivity index (χ0v) is 12.3. The molecule has 2 aromatic rings. The summed E-state index contributed by atoms with van der Waals surface area (Å²) >= 11 is 1.75. The average Bonchev–Trinajstić information content (AvgIpc) is 2.32. The summed E-state index contributed by atoms with van der Waals surface area (Å²) in [6.45, 7) is 6.22. The monoisotopic (exact) mass is 270 g/mol. The molecular formula is C16H18N2S. The molecule has 0 atom stereocenters. The molecule has 0 aliphatic rings. The molecule has 3 heteroatoms. The van der Waals surface area contributed by atoms with E-state index in [2.05, 4.69) is 38.1 Å². The van der Waals surface area contributed by atoms with Crippen LogP contribution in [0.2, 0.25) is 0 Å². The molecule has 19 heavy (non-hydrogen) atoms. The van der Waals surface area contributed by atoms with E-state index in [9.17, 15) is 0 Å². The maximum absolute atomic E-state index is 7.50. The first-order valence-electron chi connectivity index (χ1n) is 6.17. The third kappa shape index (κ3) is 3.18. The van der Waals surface area contributed by atoms with Gasteiger partial charge in [-0.3, -0.25) is 5.41 Å². The first-order chi connectivity index (χ1) is 8.97. The van der Waals surface area contributed by atoms with Crippen LogP contribution < -0.4 is 5.73 Å². The predicted molar refractivity (Wildman–Crippen MR) is 82.2 cm³/mol. The van der Waals surface area contributed by atoms with Gasteiger partial charge in [0.05, 0.1) is 0 Å². The lowest BCUT2D eigenvalue weighted by Gasteiger charge is -2.09. The van der Waals surface area contributed by atoms with E-state index in [1.165, 1.54) is 20.9 Å². The number of aryl methyl sites for hydroxylation is 3. The average molecular weight is 270 g/mol. The number of benzene rings is 2.